The van der Waals surface area contributed by atoms with Crippen molar-refractivity contribution in [3.8, 4) is 0 Å². The second-order valence-corrected chi connectivity index (χ2v) is 2.62. The van der Waals surface area contributed by atoms with E-state index >= 15 is 0 Å². The maximum atomic E-state index is 10.9. The van der Waals surface area contributed by atoms with E-state index in [1.54, 1.807) is 19.2 Å². The summed E-state index contributed by atoms with van der Waals surface area (Å²) in [5.74, 6) is 0.276. The summed E-state index contributed by atoms with van der Waals surface area (Å²) in [6.45, 7) is 7.67. The Balaban J connectivity index is 4.35. The highest BCUT2D eigenvalue weighted by Crippen LogP contribution is 2.09. The van der Waals surface area contributed by atoms with Crippen molar-refractivity contribution in [1.82, 2.24) is 5.32 Å². The van der Waals surface area contributed by atoms with Gasteiger partial charge in [-0.25, -0.2) is 0 Å². The van der Waals surface area contributed by atoms with E-state index in [1.807, 2.05) is 13.8 Å². The van der Waals surface area contributed by atoms with Crippen LogP contribution in [0.1, 0.15) is 13.8 Å². The zero-order valence-corrected chi connectivity index (χ0v) is 7.35. The van der Waals surface area contributed by atoms with Crippen LogP contribution in [0.3, 0.4) is 0 Å². The summed E-state index contributed by atoms with van der Waals surface area (Å²) in [7, 11) is 1.61. The molecule has 2 heteroatoms. The van der Waals surface area contributed by atoms with Crippen molar-refractivity contribution in [3.05, 3.63) is 24.3 Å². The van der Waals surface area contributed by atoms with Crippen molar-refractivity contribution in [3.63, 3.8) is 0 Å². The van der Waals surface area contributed by atoms with Crippen LogP contribution in [0, 0.1) is 5.92 Å². The molecule has 0 atom stereocenters. The molecule has 0 bridgehead atoms. The molecule has 62 valence electrons. The van der Waals surface area contributed by atoms with E-state index in [1.165, 1.54) is 0 Å². The number of amides is 1. The lowest BCUT2D eigenvalue weighted by Crippen LogP contribution is -2.15. The Labute approximate surface area is 68.0 Å². The number of carbonyl (C=O) groups excluding carboxylic acids is 1. The Morgan fingerprint density at radius 1 is 1.55 bits per heavy atom. The van der Waals surface area contributed by atoms with Crippen LogP contribution in [0.15, 0.2) is 24.3 Å². The largest absolute Gasteiger partial charge is 0.356 e. The highest BCUT2D eigenvalue weighted by Gasteiger charge is 2.00. The van der Waals surface area contributed by atoms with Crippen molar-refractivity contribution in [2.24, 2.45) is 5.92 Å². The van der Waals surface area contributed by atoms with Gasteiger partial charge < -0.3 is 5.32 Å². The maximum Gasteiger partial charge on any atom is 0.244 e. The predicted octanol–water partition coefficient (Wildman–Crippen LogP) is 1.50. The zero-order chi connectivity index (χ0) is 8.85. The van der Waals surface area contributed by atoms with Gasteiger partial charge in [-0.05, 0) is 11.5 Å². The van der Waals surface area contributed by atoms with Gasteiger partial charge in [-0.15, -0.1) is 0 Å². The number of nitrogens with one attached hydrogen (secondary N) is 1. The molecule has 0 fully saturated rings. The summed E-state index contributed by atoms with van der Waals surface area (Å²) in [5.41, 5.74) is 0.962. The number of hydrogen-bond acceptors (Lipinski definition) is 1. The van der Waals surface area contributed by atoms with Crippen LogP contribution in [0.5, 0.6) is 0 Å². The normalized spacial score (nSPS) is 11.5. The predicted molar refractivity (Wildman–Crippen MR) is 47.2 cm³/mol. The Kier molecular flexibility index (Phi) is 4.27. The van der Waals surface area contributed by atoms with Crippen LogP contribution in [0.4, 0.5) is 0 Å². The number of likely N-dealkylation sites (N-methyl/N-ethyl adjacent to an activating group) is 1. The highest BCUT2D eigenvalue weighted by atomic mass is 16.1. The van der Waals surface area contributed by atoms with Gasteiger partial charge >= 0.3 is 0 Å². The molecule has 0 unspecified atom stereocenters. The SMILES string of the molecule is C=C/C(=C\C(=O)NC)C(C)C. The van der Waals surface area contributed by atoms with E-state index < -0.39 is 0 Å². The van der Waals surface area contributed by atoms with Gasteiger partial charge in [0.05, 0.1) is 0 Å². The van der Waals surface area contributed by atoms with Crippen LogP contribution in [-0.2, 0) is 4.79 Å². The molecule has 0 radical (unpaired) electrons. The molecule has 0 aromatic carbocycles. The van der Waals surface area contributed by atoms with E-state index in [4.69, 9.17) is 0 Å². The smallest absolute Gasteiger partial charge is 0.244 e. The molecular formula is C9H15NO. The highest BCUT2D eigenvalue weighted by molar-refractivity contribution is 5.88. The fourth-order valence-electron chi connectivity index (χ4n) is 0.685. The second kappa shape index (κ2) is 4.72. The topological polar surface area (TPSA) is 29.1 Å². The molecule has 1 N–H and O–H groups in total. The van der Waals surface area contributed by atoms with E-state index in [2.05, 4.69) is 11.9 Å². The molecule has 0 spiro atoms. The van der Waals surface area contributed by atoms with Crippen LogP contribution in [0.25, 0.3) is 0 Å². The molecule has 0 aromatic rings. The van der Waals surface area contributed by atoms with Crippen molar-refractivity contribution >= 4 is 5.91 Å². The fourth-order valence-corrected chi connectivity index (χ4v) is 0.685. The van der Waals surface area contributed by atoms with Gasteiger partial charge in [0.2, 0.25) is 5.91 Å². The number of rotatable bonds is 3. The fraction of sp³-hybridized carbons (Fsp3) is 0.444. The van der Waals surface area contributed by atoms with Gasteiger partial charge in [-0.1, -0.05) is 26.5 Å². The lowest BCUT2D eigenvalue weighted by atomic mass is 10.0. The van der Waals surface area contributed by atoms with Gasteiger partial charge in [0, 0.05) is 13.1 Å². The molecule has 0 saturated carbocycles. The van der Waals surface area contributed by atoms with E-state index in [0.29, 0.717) is 5.92 Å². The zero-order valence-electron chi connectivity index (χ0n) is 7.35. The Hall–Kier alpha value is -1.05. The van der Waals surface area contributed by atoms with E-state index in [9.17, 15) is 4.79 Å². The summed E-state index contributed by atoms with van der Waals surface area (Å²) in [6, 6.07) is 0. The number of hydrogen-bond donors (Lipinski definition) is 1. The molecule has 1 amide bonds. The standard InChI is InChI=1S/C9H15NO/c1-5-8(7(2)3)6-9(11)10-4/h5-7H,1H2,2-4H3,(H,10,11)/b8-6+. The van der Waals surface area contributed by atoms with Crippen LogP contribution >= 0.6 is 0 Å². The first-order valence-electron chi connectivity index (χ1n) is 3.67. The second-order valence-electron chi connectivity index (χ2n) is 2.62. The summed E-state index contributed by atoms with van der Waals surface area (Å²) in [5, 5.41) is 2.52. The van der Waals surface area contributed by atoms with Crippen molar-refractivity contribution in [2.45, 2.75) is 13.8 Å². The first-order valence-corrected chi connectivity index (χ1v) is 3.67. The Morgan fingerprint density at radius 3 is 2.36 bits per heavy atom. The summed E-state index contributed by atoms with van der Waals surface area (Å²) in [4.78, 5) is 10.9. The summed E-state index contributed by atoms with van der Waals surface area (Å²) >= 11 is 0. The molecule has 11 heavy (non-hydrogen) atoms. The molecule has 0 heterocycles. The molecule has 0 aliphatic carbocycles. The lowest BCUT2D eigenvalue weighted by Gasteiger charge is -2.04. The lowest BCUT2D eigenvalue weighted by molar-refractivity contribution is -0.116. The number of carbonyl (C=O) groups is 1. The average molecular weight is 153 g/mol. The summed E-state index contributed by atoms with van der Waals surface area (Å²) < 4.78 is 0. The van der Waals surface area contributed by atoms with Crippen molar-refractivity contribution in [1.29, 1.82) is 0 Å². The van der Waals surface area contributed by atoms with Crippen LogP contribution < -0.4 is 5.32 Å². The quantitative estimate of drug-likeness (QED) is 0.483. The van der Waals surface area contributed by atoms with Crippen molar-refractivity contribution in [2.75, 3.05) is 7.05 Å². The third kappa shape index (κ3) is 3.61. The molecule has 0 aromatic heterocycles. The minimum absolute atomic E-state index is 0.0754. The molecule has 0 aliphatic rings. The first kappa shape index (κ1) is 9.95. The summed E-state index contributed by atoms with van der Waals surface area (Å²) in [6.07, 6.45) is 3.28. The molecule has 0 aliphatic heterocycles. The molecular weight excluding hydrogens is 138 g/mol. The van der Waals surface area contributed by atoms with Crippen LogP contribution in [0.2, 0.25) is 0 Å². The number of allylic oxidation sites excluding steroid dienone is 2. The van der Waals surface area contributed by atoms with Gasteiger partial charge in [-0.2, -0.15) is 0 Å². The average Bonchev–Trinajstić information content (AvgIpc) is 1.99. The monoisotopic (exact) mass is 153 g/mol. The van der Waals surface area contributed by atoms with Gasteiger partial charge in [0.25, 0.3) is 0 Å². The molecule has 0 rings (SSSR count). The van der Waals surface area contributed by atoms with E-state index in [0.717, 1.165) is 5.57 Å². The van der Waals surface area contributed by atoms with E-state index in [-0.39, 0.29) is 5.91 Å². The van der Waals surface area contributed by atoms with Gasteiger partial charge in [0.1, 0.15) is 0 Å². The van der Waals surface area contributed by atoms with Crippen LogP contribution in [-0.4, -0.2) is 13.0 Å². The molecule has 2 nitrogen and oxygen atoms in total. The Morgan fingerprint density at radius 2 is 2.09 bits per heavy atom. The minimum Gasteiger partial charge on any atom is -0.356 e. The maximum absolute atomic E-state index is 10.9. The molecule has 0 saturated heterocycles. The first-order chi connectivity index (χ1) is 5.11. The third-order valence-corrected chi connectivity index (χ3v) is 1.45. The van der Waals surface area contributed by atoms with Crippen molar-refractivity contribution < 1.29 is 4.79 Å². The van der Waals surface area contributed by atoms with Gasteiger partial charge in [-0.3, -0.25) is 4.79 Å². The van der Waals surface area contributed by atoms with Gasteiger partial charge in [0.15, 0.2) is 0 Å². The minimum atomic E-state index is -0.0754. The third-order valence-electron chi connectivity index (χ3n) is 1.45. The Bertz CT molecular complexity index is 180.